The van der Waals surface area contributed by atoms with Gasteiger partial charge >= 0.3 is 0 Å². The first-order valence-electron chi connectivity index (χ1n) is 7.99. The Hall–Kier alpha value is -3.13. The van der Waals surface area contributed by atoms with Crippen LogP contribution in [0, 0.1) is 6.92 Å². The fourth-order valence-corrected chi connectivity index (χ4v) is 3.79. The smallest absolute Gasteiger partial charge is 0.179 e. The second kappa shape index (κ2) is 4.68. The number of hydrogen-bond donors (Lipinski definition) is 0. The van der Waals surface area contributed by atoms with Gasteiger partial charge in [-0.3, -0.25) is 4.79 Å². The van der Waals surface area contributed by atoms with Crippen LogP contribution in [0.2, 0.25) is 0 Å². The van der Waals surface area contributed by atoms with Gasteiger partial charge in [-0.2, -0.15) is 0 Å². The lowest BCUT2D eigenvalue weighted by Gasteiger charge is -2.12. The van der Waals surface area contributed by atoms with Crippen molar-refractivity contribution < 1.29 is 4.42 Å². The minimum atomic E-state index is 0.0327. The molecule has 4 aromatic carbocycles. The second-order valence-electron chi connectivity index (χ2n) is 6.24. The van der Waals surface area contributed by atoms with Crippen molar-refractivity contribution in [2.75, 3.05) is 0 Å². The molecule has 2 nitrogen and oxygen atoms in total. The first-order valence-corrected chi connectivity index (χ1v) is 7.99. The first kappa shape index (κ1) is 13.3. The van der Waals surface area contributed by atoms with E-state index in [9.17, 15) is 4.79 Å². The normalized spacial score (nSPS) is 11.7. The third-order valence-electron chi connectivity index (χ3n) is 4.78. The quantitative estimate of drug-likeness (QED) is 0.350. The zero-order valence-corrected chi connectivity index (χ0v) is 13.2. The average Bonchev–Trinajstić information content (AvgIpc) is 2.61. The molecule has 5 aromatic rings. The van der Waals surface area contributed by atoms with Gasteiger partial charge in [0.05, 0.1) is 6.26 Å². The summed E-state index contributed by atoms with van der Waals surface area (Å²) in [6.07, 6.45) is 1.80. The van der Waals surface area contributed by atoms with Crippen LogP contribution in [-0.2, 0) is 0 Å². The summed E-state index contributed by atoms with van der Waals surface area (Å²) in [5, 5.41) is 7.54. The summed E-state index contributed by atoms with van der Waals surface area (Å²) in [5.74, 6) is 0. The minimum Gasteiger partial charge on any atom is -0.463 e. The summed E-state index contributed by atoms with van der Waals surface area (Å²) in [4.78, 5) is 12.1. The second-order valence-corrected chi connectivity index (χ2v) is 6.24. The zero-order valence-electron chi connectivity index (χ0n) is 13.2. The van der Waals surface area contributed by atoms with Gasteiger partial charge in [-0.25, -0.2) is 0 Å². The van der Waals surface area contributed by atoms with E-state index < -0.39 is 0 Å². The summed E-state index contributed by atoms with van der Waals surface area (Å²) >= 11 is 0. The summed E-state index contributed by atoms with van der Waals surface area (Å²) < 4.78 is 6.06. The Labute approximate surface area is 137 Å². The highest BCUT2D eigenvalue weighted by Crippen LogP contribution is 2.39. The van der Waals surface area contributed by atoms with Crippen LogP contribution >= 0.6 is 0 Å². The monoisotopic (exact) mass is 310 g/mol. The van der Waals surface area contributed by atoms with Gasteiger partial charge in [-0.1, -0.05) is 48.5 Å². The van der Waals surface area contributed by atoms with E-state index in [2.05, 4.69) is 24.3 Å². The third-order valence-corrected chi connectivity index (χ3v) is 4.78. The molecule has 0 unspecified atom stereocenters. The summed E-state index contributed by atoms with van der Waals surface area (Å²) in [7, 11) is 0. The highest BCUT2D eigenvalue weighted by atomic mass is 16.3. The molecular weight excluding hydrogens is 296 g/mol. The van der Waals surface area contributed by atoms with Gasteiger partial charge in [0.25, 0.3) is 0 Å². The van der Waals surface area contributed by atoms with Gasteiger partial charge in [-0.05, 0) is 46.2 Å². The van der Waals surface area contributed by atoms with Crippen molar-refractivity contribution in [3.05, 3.63) is 82.7 Å². The Bertz CT molecular complexity index is 1330. The van der Waals surface area contributed by atoms with E-state index in [4.69, 9.17) is 4.42 Å². The van der Waals surface area contributed by atoms with Crippen LogP contribution in [0.5, 0.6) is 0 Å². The summed E-state index contributed by atoms with van der Waals surface area (Å²) in [6, 6.07) is 19.9. The molecule has 2 heteroatoms. The van der Waals surface area contributed by atoms with Crippen LogP contribution in [0.4, 0.5) is 0 Å². The molecule has 0 radical (unpaired) electrons. The Kier molecular flexibility index (Phi) is 2.60. The van der Waals surface area contributed by atoms with Crippen molar-refractivity contribution in [1.82, 2.24) is 0 Å². The van der Waals surface area contributed by atoms with Crippen LogP contribution < -0.4 is 5.43 Å². The fourth-order valence-electron chi connectivity index (χ4n) is 3.79. The molecule has 0 fully saturated rings. The predicted octanol–water partition coefficient (Wildman–Crippen LogP) is 5.56. The Morgan fingerprint density at radius 2 is 1.46 bits per heavy atom. The van der Waals surface area contributed by atoms with Gasteiger partial charge in [0.1, 0.15) is 5.58 Å². The van der Waals surface area contributed by atoms with Crippen molar-refractivity contribution in [2.24, 2.45) is 0 Å². The Balaban J connectivity index is 2.26. The molecule has 0 spiro atoms. The largest absolute Gasteiger partial charge is 0.463 e. The van der Waals surface area contributed by atoms with Crippen molar-refractivity contribution >= 4 is 43.3 Å². The van der Waals surface area contributed by atoms with Gasteiger partial charge < -0.3 is 4.42 Å². The lowest BCUT2D eigenvalue weighted by atomic mass is 9.93. The number of hydrogen-bond acceptors (Lipinski definition) is 2. The van der Waals surface area contributed by atoms with Crippen LogP contribution in [0.25, 0.3) is 43.3 Å². The third kappa shape index (κ3) is 1.68. The average molecular weight is 310 g/mol. The van der Waals surface area contributed by atoms with E-state index in [-0.39, 0.29) is 5.43 Å². The lowest BCUT2D eigenvalue weighted by molar-refractivity contribution is 0.614. The molecule has 0 amide bonds. The van der Waals surface area contributed by atoms with Gasteiger partial charge in [-0.15, -0.1) is 0 Å². The van der Waals surface area contributed by atoms with E-state index in [0.29, 0.717) is 0 Å². The molecular formula is C22H14O2. The number of aryl methyl sites for hydroxylation is 1. The van der Waals surface area contributed by atoms with E-state index in [1.165, 1.54) is 5.39 Å². The summed E-state index contributed by atoms with van der Waals surface area (Å²) in [6.45, 7) is 1.97. The van der Waals surface area contributed by atoms with Crippen LogP contribution in [-0.4, -0.2) is 0 Å². The molecule has 24 heavy (non-hydrogen) atoms. The fraction of sp³-hybridized carbons (Fsp3) is 0.0455. The standard InChI is InChI=1S/C22H14O2/c1-13-10-15(23)11-19-17-8-4-5-9-18(17)21-16-7-3-2-6-14(16)12-24-22(21)20(13)19/h2-12H,1H3. The van der Waals surface area contributed by atoms with E-state index in [1.807, 2.05) is 31.2 Å². The highest BCUT2D eigenvalue weighted by molar-refractivity contribution is 6.29. The maximum Gasteiger partial charge on any atom is 0.179 e. The molecule has 5 rings (SSSR count). The molecule has 0 aliphatic carbocycles. The van der Waals surface area contributed by atoms with E-state index in [0.717, 1.165) is 43.5 Å². The molecule has 0 bridgehead atoms. The van der Waals surface area contributed by atoms with Crippen molar-refractivity contribution in [3.8, 4) is 0 Å². The summed E-state index contributed by atoms with van der Waals surface area (Å²) in [5.41, 5.74) is 1.83. The Morgan fingerprint density at radius 3 is 2.29 bits per heavy atom. The molecule has 0 aliphatic rings. The number of rotatable bonds is 0. The Morgan fingerprint density at radius 1 is 0.750 bits per heavy atom. The first-order chi connectivity index (χ1) is 11.7. The minimum absolute atomic E-state index is 0.0327. The number of fused-ring (bicyclic) bond motifs is 8. The number of benzene rings is 4. The van der Waals surface area contributed by atoms with Crippen LogP contribution in [0.15, 0.2) is 76.1 Å². The maximum atomic E-state index is 12.1. The maximum absolute atomic E-state index is 12.1. The van der Waals surface area contributed by atoms with Crippen molar-refractivity contribution in [3.63, 3.8) is 0 Å². The van der Waals surface area contributed by atoms with E-state index in [1.54, 1.807) is 18.4 Å². The molecule has 0 saturated heterocycles. The van der Waals surface area contributed by atoms with Crippen LogP contribution in [0.1, 0.15) is 5.56 Å². The highest BCUT2D eigenvalue weighted by Gasteiger charge is 2.14. The topological polar surface area (TPSA) is 30.2 Å². The molecule has 0 saturated carbocycles. The van der Waals surface area contributed by atoms with Crippen LogP contribution in [0.3, 0.4) is 0 Å². The van der Waals surface area contributed by atoms with Crippen molar-refractivity contribution in [2.45, 2.75) is 6.92 Å². The predicted molar refractivity (Wildman–Crippen MR) is 99.7 cm³/mol. The molecule has 0 N–H and O–H groups in total. The van der Waals surface area contributed by atoms with Gasteiger partial charge in [0.2, 0.25) is 0 Å². The molecule has 0 aliphatic heterocycles. The van der Waals surface area contributed by atoms with Gasteiger partial charge in [0.15, 0.2) is 5.43 Å². The molecule has 1 aromatic heterocycles. The SMILES string of the molecule is Cc1cc(=O)cc2c3ccccc3c3c4ccccc4coc3c12. The molecule has 1 heterocycles. The van der Waals surface area contributed by atoms with Gasteiger partial charge in [0, 0.05) is 16.2 Å². The molecule has 0 atom stereocenters. The molecule has 114 valence electrons. The van der Waals surface area contributed by atoms with Crippen molar-refractivity contribution in [1.29, 1.82) is 0 Å². The lowest BCUT2D eigenvalue weighted by Crippen LogP contribution is -1.99. The zero-order chi connectivity index (χ0) is 16.3. The van der Waals surface area contributed by atoms with E-state index >= 15 is 0 Å².